The minimum absolute atomic E-state index is 0.0843. The number of carbonyl (C=O) groups excluding carboxylic acids is 2. The highest BCUT2D eigenvalue weighted by Crippen LogP contribution is 2.43. The molecule has 4 aromatic rings. The maximum Gasteiger partial charge on any atom is 0.295 e. The number of H-pyrrole nitrogens is 1. The quantitative estimate of drug-likeness (QED) is 0.212. The fourth-order valence-electron chi connectivity index (χ4n) is 4.82. The Morgan fingerprint density at radius 2 is 1.78 bits per heavy atom. The van der Waals surface area contributed by atoms with Crippen molar-refractivity contribution in [3.63, 3.8) is 0 Å². The van der Waals surface area contributed by atoms with Crippen LogP contribution in [0.25, 0.3) is 16.7 Å². The van der Waals surface area contributed by atoms with Crippen LogP contribution in [-0.2, 0) is 16.0 Å². The molecule has 3 aromatic carbocycles. The number of aliphatic hydroxyl groups excluding tert-OH is 1. The smallest absolute Gasteiger partial charge is 0.295 e. The first-order chi connectivity index (χ1) is 17.9. The number of aromatic amines is 1. The fraction of sp³-hybridized carbons (Fsp3) is 0.172. The summed E-state index contributed by atoms with van der Waals surface area (Å²) in [5, 5.41) is 12.2. The topological polar surface area (TPSA) is 91.9 Å². The summed E-state index contributed by atoms with van der Waals surface area (Å²) in [6, 6.07) is 17.1. The molecular formula is C29H25FN2O5. The number of para-hydroxylation sites is 1. The van der Waals surface area contributed by atoms with Gasteiger partial charge in [-0.05, 0) is 54.4 Å². The first-order valence-corrected chi connectivity index (χ1v) is 11.7. The summed E-state index contributed by atoms with van der Waals surface area (Å²) >= 11 is 0. The zero-order chi connectivity index (χ0) is 26.1. The lowest BCUT2D eigenvalue weighted by molar-refractivity contribution is -0.139. The molecule has 5 rings (SSSR count). The van der Waals surface area contributed by atoms with Crippen LogP contribution in [0.15, 0.2) is 78.5 Å². The van der Waals surface area contributed by atoms with E-state index in [9.17, 15) is 19.1 Å². The second-order valence-electron chi connectivity index (χ2n) is 8.72. The van der Waals surface area contributed by atoms with Gasteiger partial charge in [-0.25, -0.2) is 4.39 Å². The van der Waals surface area contributed by atoms with E-state index in [1.165, 1.54) is 43.4 Å². The van der Waals surface area contributed by atoms with Crippen LogP contribution in [0.1, 0.15) is 22.7 Å². The molecule has 2 N–H and O–H groups in total. The van der Waals surface area contributed by atoms with E-state index in [0.29, 0.717) is 23.5 Å². The van der Waals surface area contributed by atoms with Gasteiger partial charge in [0.2, 0.25) is 0 Å². The fourth-order valence-corrected chi connectivity index (χ4v) is 4.82. The average molecular weight is 501 g/mol. The van der Waals surface area contributed by atoms with E-state index in [2.05, 4.69) is 4.98 Å². The van der Waals surface area contributed by atoms with Gasteiger partial charge in [0.25, 0.3) is 11.7 Å². The zero-order valence-electron chi connectivity index (χ0n) is 20.3. The van der Waals surface area contributed by atoms with Gasteiger partial charge in [0.05, 0.1) is 25.8 Å². The van der Waals surface area contributed by atoms with Crippen LogP contribution >= 0.6 is 0 Å². The number of carbonyl (C=O) groups is 2. The standard InChI is InChI=1S/C29H25FN2O5/c1-36-20-11-12-22(24(15-20)37-2)26-25(27(33)17-7-9-19(30)10-8-17)28(34)29(35)32(26)14-13-18-16-31-23-6-4-3-5-21(18)23/h3-12,15-16,26,31,33H,13-14H2,1-2H3/b27-25-. The van der Waals surface area contributed by atoms with Gasteiger partial charge in [-0.3, -0.25) is 9.59 Å². The Morgan fingerprint density at radius 3 is 2.51 bits per heavy atom. The van der Waals surface area contributed by atoms with Crippen LogP contribution < -0.4 is 9.47 Å². The first-order valence-electron chi connectivity index (χ1n) is 11.7. The molecule has 1 aromatic heterocycles. The van der Waals surface area contributed by atoms with Crippen molar-refractivity contribution >= 4 is 28.4 Å². The molecule has 8 heteroatoms. The molecule has 37 heavy (non-hydrogen) atoms. The van der Waals surface area contributed by atoms with Gasteiger partial charge >= 0.3 is 0 Å². The van der Waals surface area contributed by atoms with E-state index in [0.717, 1.165) is 16.5 Å². The molecule has 1 atom stereocenters. The van der Waals surface area contributed by atoms with Gasteiger partial charge in [-0.15, -0.1) is 0 Å². The molecule has 1 amide bonds. The number of halogens is 1. The largest absolute Gasteiger partial charge is 0.507 e. The summed E-state index contributed by atoms with van der Waals surface area (Å²) in [7, 11) is 3.01. The molecule has 2 heterocycles. The maximum absolute atomic E-state index is 13.5. The van der Waals surface area contributed by atoms with Crippen molar-refractivity contribution in [2.24, 2.45) is 0 Å². The highest BCUT2D eigenvalue weighted by molar-refractivity contribution is 6.46. The third-order valence-electron chi connectivity index (χ3n) is 6.69. The summed E-state index contributed by atoms with van der Waals surface area (Å²) in [6.07, 6.45) is 2.37. The number of fused-ring (bicyclic) bond motifs is 1. The van der Waals surface area contributed by atoms with Crippen molar-refractivity contribution in [3.05, 3.63) is 101 Å². The SMILES string of the molecule is COc1ccc(C2/C(=C(/O)c3ccc(F)cc3)C(=O)C(=O)N2CCc2c[nH]c3ccccc23)c(OC)c1. The molecule has 7 nitrogen and oxygen atoms in total. The molecular weight excluding hydrogens is 475 g/mol. The molecule has 0 aliphatic carbocycles. The molecule has 1 unspecified atom stereocenters. The van der Waals surface area contributed by atoms with E-state index in [1.54, 1.807) is 18.2 Å². The molecule has 0 bridgehead atoms. The number of aromatic nitrogens is 1. The summed E-state index contributed by atoms with van der Waals surface area (Å²) in [6.45, 7) is 0.215. The number of ketones is 1. The number of ether oxygens (including phenoxy) is 2. The Labute approximate surface area is 212 Å². The lowest BCUT2D eigenvalue weighted by Crippen LogP contribution is -2.31. The number of hydrogen-bond donors (Lipinski definition) is 2. The van der Waals surface area contributed by atoms with Gasteiger partial charge in [-0.2, -0.15) is 0 Å². The summed E-state index contributed by atoms with van der Waals surface area (Å²) < 4.78 is 24.4. The zero-order valence-corrected chi connectivity index (χ0v) is 20.3. The molecule has 1 aliphatic heterocycles. The van der Waals surface area contributed by atoms with Crippen LogP contribution in [0.2, 0.25) is 0 Å². The Balaban J connectivity index is 1.61. The monoisotopic (exact) mass is 500 g/mol. The van der Waals surface area contributed by atoms with Crippen molar-refractivity contribution in [3.8, 4) is 11.5 Å². The van der Waals surface area contributed by atoms with Crippen LogP contribution in [-0.4, -0.2) is 47.4 Å². The second-order valence-corrected chi connectivity index (χ2v) is 8.72. The second kappa shape index (κ2) is 9.81. The minimum atomic E-state index is -0.920. The Morgan fingerprint density at radius 1 is 1.03 bits per heavy atom. The lowest BCUT2D eigenvalue weighted by Gasteiger charge is -2.27. The van der Waals surface area contributed by atoms with E-state index >= 15 is 0 Å². The summed E-state index contributed by atoms with van der Waals surface area (Å²) in [5.41, 5.74) is 2.64. The number of benzene rings is 3. The number of nitrogens with zero attached hydrogens (tertiary/aromatic N) is 1. The number of amides is 1. The maximum atomic E-state index is 13.5. The number of nitrogens with one attached hydrogen (secondary N) is 1. The van der Waals surface area contributed by atoms with E-state index in [4.69, 9.17) is 9.47 Å². The molecule has 0 saturated carbocycles. The highest BCUT2D eigenvalue weighted by Gasteiger charge is 2.47. The van der Waals surface area contributed by atoms with Crippen molar-refractivity contribution in [2.75, 3.05) is 20.8 Å². The van der Waals surface area contributed by atoms with Crippen molar-refractivity contribution < 1.29 is 28.6 Å². The van der Waals surface area contributed by atoms with Gasteiger partial charge in [0.1, 0.15) is 23.1 Å². The van der Waals surface area contributed by atoms with Crippen LogP contribution in [0, 0.1) is 5.82 Å². The van der Waals surface area contributed by atoms with Crippen LogP contribution in [0.4, 0.5) is 4.39 Å². The van der Waals surface area contributed by atoms with Gasteiger partial charge in [0, 0.05) is 40.8 Å². The molecule has 1 fully saturated rings. The molecule has 1 saturated heterocycles. The molecule has 188 valence electrons. The van der Waals surface area contributed by atoms with Crippen molar-refractivity contribution in [1.29, 1.82) is 0 Å². The van der Waals surface area contributed by atoms with Crippen molar-refractivity contribution in [2.45, 2.75) is 12.5 Å². The van der Waals surface area contributed by atoms with E-state index in [-0.39, 0.29) is 23.4 Å². The number of hydrogen-bond acceptors (Lipinski definition) is 5. The molecule has 0 spiro atoms. The predicted molar refractivity (Wildman–Crippen MR) is 137 cm³/mol. The van der Waals surface area contributed by atoms with Crippen LogP contribution in [0.3, 0.4) is 0 Å². The van der Waals surface area contributed by atoms with Gasteiger partial charge in [0.15, 0.2) is 0 Å². The molecule has 0 radical (unpaired) electrons. The lowest BCUT2D eigenvalue weighted by atomic mass is 9.94. The van der Waals surface area contributed by atoms with E-state index in [1.807, 2.05) is 30.5 Å². The van der Waals surface area contributed by atoms with Gasteiger partial charge in [-0.1, -0.05) is 18.2 Å². The minimum Gasteiger partial charge on any atom is -0.507 e. The Hall–Kier alpha value is -4.59. The highest BCUT2D eigenvalue weighted by atomic mass is 19.1. The van der Waals surface area contributed by atoms with Crippen LogP contribution in [0.5, 0.6) is 11.5 Å². The number of methoxy groups -OCH3 is 2. The van der Waals surface area contributed by atoms with Crippen molar-refractivity contribution in [1.82, 2.24) is 9.88 Å². The summed E-state index contributed by atoms with van der Waals surface area (Å²) in [4.78, 5) is 31.3. The third-order valence-corrected chi connectivity index (χ3v) is 6.69. The van der Waals surface area contributed by atoms with Gasteiger partial charge < -0.3 is 24.5 Å². The number of rotatable bonds is 7. The van der Waals surface area contributed by atoms with E-state index < -0.39 is 23.5 Å². The Kier molecular flexibility index (Phi) is 6.40. The molecule has 1 aliphatic rings. The number of likely N-dealkylation sites (tertiary alicyclic amines) is 1. The average Bonchev–Trinajstić information content (AvgIpc) is 3.45. The number of Topliss-reactive ketones (excluding diaryl/α,β-unsaturated/α-hetero) is 1. The summed E-state index contributed by atoms with van der Waals surface area (Å²) in [5.74, 6) is -1.47. The predicted octanol–water partition coefficient (Wildman–Crippen LogP) is 4.99. The normalized spacial score (nSPS) is 16.9. The Bertz CT molecular complexity index is 1520. The number of aliphatic hydroxyl groups is 1. The first kappa shape index (κ1) is 24.1. The third kappa shape index (κ3) is 4.31.